The Hall–Kier alpha value is -0.850. The van der Waals surface area contributed by atoms with Crippen molar-refractivity contribution < 1.29 is 20.1 Å². The van der Waals surface area contributed by atoms with Gasteiger partial charge in [0, 0.05) is 19.6 Å². The number of carbonyl (C=O) groups is 1. The summed E-state index contributed by atoms with van der Waals surface area (Å²) in [6, 6.07) is 0.0199. The smallest absolute Gasteiger partial charge is 0.317 e. The zero-order chi connectivity index (χ0) is 26.5. The summed E-state index contributed by atoms with van der Waals surface area (Å²) in [5.41, 5.74) is 0.522. The number of urea groups is 1. The second kappa shape index (κ2) is 10.6. The molecule has 0 aromatic rings. The maximum absolute atomic E-state index is 12.6. The van der Waals surface area contributed by atoms with Gasteiger partial charge < -0.3 is 25.5 Å². The number of carbonyl (C=O) groups excluding carboxylic acids is 1. The number of rotatable bonds is 5. The van der Waals surface area contributed by atoms with Crippen molar-refractivity contribution in [2.24, 2.45) is 52.3 Å². The van der Waals surface area contributed by atoms with Crippen molar-refractivity contribution in [3.63, 3.8) is 0 Å². The van der Waals surface area contributed by atoms with Crippen molar-refractivity contribution in [3.05, 3.63) is 0 Å². The van der Waals surface area contributed by atoms with Gasteiger partial charge in [-0.1, -0.05) is 34.1 Å². The van der Waals surface area contributed by atoms with E-state index < -0.39 is 0 Å². The summed E-state index contributed by atoms with van der Waals surface area (Å²) in [7, 11) is 0. The van der Waals surface area contributed by atoms with Crippen LogP contribution in [0.5, 0.6) is 0 Å². The third kappa shape index (κ3) is 4.75. The van der Waals surface area contributed by atoms with E-state index in [1.165, 1.54) is 25.7 Å². The summed E-state index contributed by atoms with van der Waals surface area (Å²) in [6.45, 7) is 11.7. The average molecular weight is 519 g/mol. The molecule has 0 aromatic carbocycles. The van der Waals surface area contributed by atoms with E-state index in [0.717, 1.165) is 32.1 Å². The monoisotopic (exact) mass is 518 g/mol. The molecule has 0 bridgehead atoms. The minimum Gasteiger partial charge on any atom is -0.393 e. The van der Waals surface area contributed by atoms with Crippen molar-refractivity contribution in [1.82, 2.24) is 10.2 Å². The lowest BCUT2D eigenvalue weighted by Gasteiger charge is -2.64. The molecular weight excluding hydrogens is 464 g/mol. The van der Waals surface area contributed by atoms with Gasteiger partial charge in [0.1, 0.15) is 0 Å². The third-order valence-corrected chi connectivity index (χ3v) is 12.8. The van der Waals surface area contributed by atoms with Crippen LogP contribution in [0.4, 0.5) is 4.79 Å². The maximum atomic E-state index is 12.6. The van der Waals surface area contributed by atoms with Gasteiger partial charge in [-0.25, -0.2) is 4.79 Å². The summed E-state index contributed by atoms with van der Waals surface area (Å²) in [4.78, 5) is 14.5. The van der Waals surface area contributed by atoms with Crippen LogP contribution < -0.4 is 5.32 Å². The first-order valence-electron chi connectivity index (χ1n) is 15.7. The Kier molecular flexibility index (Phi) is 7.95. The number of piperidine rings is 1. The summed E-state index contributed by atoms with van der Waals surface area (Å²) in [5, 5.41) is 35.3. The van der Waals surface area contributed by atoms with Crippen LogP contribution in [0.2, 0.25) is 0 Å². The fraction of sp³-hybridized carbons (Fsp3) is 0.968. The van der Waals surface area contributed by atoms with E-state index in [9.17, 15) is 20.1 Å². The number of aliphatic hydroxyl groups excluding tert-OH is 3. The first-order chi connectivity index (χ1) is 17.6. The second-order valence-electron chi connectivity index (χ2n) is 14.3. The van der Waals surface area contributed by atoms with Gasteiger partial charge in [0.15, 0.2) is 0 Å². The quantitative estimate of drug-likeness (QED) is 0.420. The summed E-state index contributed by atoms with van der Waals surface area (Å²) in [5.74, 6) is 3.51. The summed E-state index contributed by atoms with van der Waals surface area (Å²) < 4.78 is 0. The predicted octanol–water partition coefficient (Wildman–Crippen LogP) is 4.81. The van der Waals surface area contributed by atoms with E-state index in [1.807, 2.05) is 4.90 Å². The fourth-order valence-corrected chi connectivity index (χ4v) is 10.7. The topological polar surface area (TPSA) is 93.0 Å². The highest BCUT2D eigenvalue weighted by molar-refractivity contribution is 5.74. The van der Waals surface area contributed by atoms with Gasteiger partial charge in [0.25, 0.3) is 0 Å². The van der Waals surface area contributed by atoms with E-state index in [1.54, 1.807) is 0 Å². The van der Waals surface area contributed by atoms with Crippen LogP contribution in [0.25, 0.3) is 0 Å². The van der Waals surface area contributed by atoms with Crippen LogP contribution >= 0.6 is 0 Å². The Morgan fingerprint density at radius 2 is 1.59 bits per heavy atom. The van der Waals surface area contributed by atoms with Crippen LogP contribution in [0.3, 0.4) is 0 Å². The summed E-state index contributed by atoms with van der Waals surface area (Å²) in [6.07, 6.45) is 10.5. The van der Waals surface area contributed by atoms with Crippen molar-refractivity contribution in [1.29, 1.82) is 0 Å². The Bertz CT molecular complexity index is 815. The van der Waals surface area contributed by atoms with Crippen molar-refractivity contribution >= 4 is 6.03 Å². The molecule has 5 rings (SSSR count). The molecule has 4 N–H and O–H groups in total. The van der Waals surface area contributed by atoms with Gasteiger partial charge >= 0.3 is 6.03 Å². The minimum atomic E-state index is -0.260. The number of fused-ring (bicyclic) bond motifs is 5. The molecule has 4 saturated carbocycles. The van der Waals surface area contributed by atoms with Gasteiger partial charge in [-0.05, 0) is 116 Å². The lowest BCUT2D eigenvalue weighted by molar-refractivity contribution is -0.203. The van der Waals surface area contributed by atoms with Crippen molar-refractivity contribution in [2.45, 2.75) is 117 Å². The largest absolute Gasteiger partial charge is 0.393 e. The number of amides is 2. The molecular formula is C31H54N2O4. The molecule has 0 aromatic heterocycles. The lowest BCUT2D eigenvalue weighted by Crippen LogP contribution is -2.62. The highest BCUT2D eigenvalue weighted by Crippen LogP contribution is 2.69. The number of nitrogens with one attached hydrogen (secondary N) is 1. The number of aliphatic hydroxyl groups is 3. The molecule has 1 heterocycles. The zero-order valence-electron chi connectivity index (χ0n) is 23.9. The Morgan fingerprint density at radius 1 is 0.919 bits per heavy atom. The number of nitrogens with zero attached hydrogens (tertiary/aromatic N) is 1. The Labute approximate surface area is 225 Å². The molecule has 5 fully saturated rings. The molecule has 4 aliphatic carbocycles. The molecule has 0 spiro atoms. The van der Waals surface area contributed by atoms with E-state index in [-0.39, 0.29) is 35.2 Å². The van der Waals surface area contributed by atoms with E-state index >= 15 is 0 Å². The van der Waals surface area contributed by atoms with Crippen LogP contribution in [-0.2, 0) is 0 Å². The van der Waals surface area contributed by atoms with E-state index in [4.69, 9.17) is 0 Å². The first-order valence-corrected chi connectivity index (χ1v) is 15.7. The normalized spacial score (nSPS) is 47.1. The standard InChI is InChI=1S/C31H54N2O4/c1-5-22-26-18-21(35)8-13-31(26,4)25-9-14-30(3)23(6-7-24(30)27(25)28(22)36)19(2)10-15-32-29(37)33-16-11-20(34)12-17-33/h19-28,34-36H,5-18H2,1-4H3,(H,32,37)/t19?,21-,22-,23-,24?,25?,26+,27?,28-,30-,31-/m1/s1. The highest BCUT2D eigenvalue weighted by Gasteiger charge is 2.64. The molecule has 1 saturated heterocycles. The van der Waals surface area contributed by atoms with Crippen LogP contribution in [-0.4, -0.2) is 64.2 Å². The molecule has 37 heavy (non-hydrogen) atoms. The Morgan fingerprint density at radius 3 is 2.30 bits per heavy atom. The molecule has 11 atom stereocenters. The average Bonchev–Trinajstić information content (AvgIpc) is 3.23. The zero-order valence-corrected chi connectivity index (χ0v) is 23.9. The minimum absolute atomic E-state index is 0.0199. The van der Waals surface area contributed by atoms with Crippen molar-refractivity contribution in [2.75, 3.05) is 19.6 Å². The molecule has 6 nitrogen and oxygen atoms in total. The van der Waals surface area contributed by atoms with E-state index in [0.29, 0.717) is 73.9 Å². The summed E-state index contributed by atoms with van der Waals surface area (Å²) >= 11 is 0. The van der Waals surface area contributed by atoms with Gasteiger partial charge in [-0.15, -0.1) is 0 Å². The molecule has 212 valence electrons. The second-order valence-corrected chi connectivity index (χ2v) is 14.3. The fourth-order valence-electron chi connectivity index (χ4n) is 10.7. The van der Waals surface area contributed by atoms with Gasteiger partial charge in [-0.3, -0.25) is 0 Å². The van der Waals surface area contributed by atoms with Gasteiger partial charge in [0.2, 0.25) is 0 Å². The van der Waals surface area contributed by atoms with Crippen LogP contribution in [0.15, 0.2) is 0 Å². The first kappa shape index (κ1) is 27.7. The van der Waals surface area contributed by atoms with E-state index in [2.05, 4.69) is 33.0 Å². The molecule has 1 aliphatic heterocycles. The highest BCUT2D eigenvalue weighted by atomic mass is 16.3. The Balaban J connectivity index is 1.24. The number of hydrogen-bond donors (Lipinski definition) is 4. The third-order valence-electron chi connectivity index (χ3n) is 12.8. The number of likely N-dealkylation sites (tertiary alicyclic amines) is 1. The lowest BCUT2D eigenvalue weighted by atomic mass is 9.41. The van der Waals surface area contributed by atoms with Gasteiger partial charge in [0.05, 0.1) is 18.3 Å². The predicted molar refractivity (Wildman–Crippen MR) is 146 cm³/mol. The maximum Gasteiger partial charge on any atom is 0.317 e. The molecule has 6 heteroatoms. The van der Waals surface area contributed by atoms with Crippen LogP contribution in [0.1, 0.15) is 98.3 Å². The molecule has 4 unspecified atom stereocenters. The number of hydrogen-bond acceptors (Lipinski definition) is 4. The molecule has 5 aliphatic rings. The van der Waals surface area contributed by atoms with Crippen LogP contribution in [0, 0.1) is 52.3 Å². The van der Waals surface area contributed by atoms with Gasteiger partial charge in [-0.2, -0.15) is 0 Å². The SMILES string of the molecule is CC[C@H]1[C@@H](O)C2C3CC[C@H](C(C)CCNC(=O)N4CCC(O)CC4)[C@@]3(C)CCC2[C@@]2(C)CC[C@@H](O)C[C@@H]12. The molecule has 0 radical (unpaired) electrons. The van der Waals surface area contributed by atoms with Crippen molar-refractivity contribution in [3.8, 4) is 0 Å². The molecule has 2 amide bonds.